The molecule has 6 heteroatoms. The van der Waals surface area contributed by atoms with Gasteiger partial charge >= 0.3 is 5.97 Å². The molecule has 0 bridgehead atoms. The molecule has 0 aliphatic rings. The molecule has 13 heavy (non-hydrogen) atoms. The first-order valence-corrected chi connectivity index (χ1v) is 4.09. The molecule has 0 aromatic carbocycles. The van der Waals surface area contributed by atoms with Crippen LogP contribution in [0.5, 0.6) is 5.88 Å². The van der Waals surface area contributed by atoms with Gasteiger partial charge in [0, 0.05) is 4.47 Å². The third kappa shape index (κ3) is 1.89. The van der Waals surface area contributed by atoms with E-state index in [1.54, 1.807) is 0 Å². The number of carbonyl (C=O) groups is 1. The Morgan fingerprint density at radius 2 is 2.38 bits per heavy atom. The number of nitrogens with two attached hydrogens (primary N) is 1. The van der Waals surface area contributed by atoms with Gasteiger partial charge in [-0.3, -0.25) is 0 Å². The molecule has 0 saturated carbocycles. The second-order valence-electron chi connectivity index (χ2n) is 2.22. The maximum absolute atomic E-state index is 10.6. The van der Waals surface area contributed by atoms with E-state index in [0.717, 1.165) is 0 Å². The smallest absolute Gasteiger partial charge is 0.354 e. The van der Waals surface area contributed by atoms with Crippen LogP contribution in [0.4, 0.5) is 5.69 Å². The lowest BCUT2D eigenvalue weighted by molar-refractivity contribution is 0.0689. The monoisotopic (exact) mass is 246 g/mol. The number of aromatic carboxylic acids is 1. The highest BCUT2D eigenvalue weighted by Crippen LogP contribution is 2.28. The topological polar surface area (TPSA) is 85.4 Å². The number of nitrogens with zero attached hydrogens (tertiary/aromatic N) is 1. The summed E-state index contributed by atoms with van der Waals surface area (Å²) in [5.74, 6) is -1.02. The Morgan fingerprint density at radius 3 is 2.85 bits per heavy atom. The molecule has 0 aliphatic heterocycles. The van der Waals surface area contributed by atoms with E-state index >= 15 is 0 Å². The van der Waals surface area contributed by atoms with Crippen LogP contribution in [-0.2, 0) is 0 Å². The third-order valence-corrected chi connectivity index (χ3v) is 2.04. The molecular weight excluding hydrogens is 240 g/mol. The van der Waals surface area contributed by atoms with Gasteiger partial charge in [0.05, 0.1) is 7.11 Å². The molecule has 70 valence electrons. The summed E-state index contributed by atoms with van der Waals surface area (Å²) in [6.07, 6.45) is 0. The lowest BCUT2D eigenvalue weighted by atomic mass is 10.3. The van der Waals surface area contributed by atoms with E-state index in [0.29, 0.717) is 4.47 Å². The fourth-order valence-electron chi connectivity index (χ4n) is 0.767. The van der Waals surface area contributed by atoms with Crippen molar-refractivity contribution in [2.24, 2.45) is 0 Å². The van der Waals surface area contributed by atoms with Gasteiger partial charge in [0.1, 0.15) is 5.69 Å². The van der Waals surface area contributed by atoms with Gasteiger partial charge in [0.2, 0.25) is 5.88 Å². The SMILES string of the molecule is COc1nc(C(=O)O)cc(Br)c1N. The molecule has 0 radical (unpaired) electrons. The standard InChI is InChI=1S/C7H7BrN2O3/c1-13-6-5(9)3(8)2-4(10-6)7(11)12/h2H,9H2,1H3,(H,11,12). The highest BCUT2D eigenvalue weighted by molar-refractivity contribution is 9.10. The molecule has 0 fully saturated rings. The molecule has 0 saturated heterocycles. The molecule has 0 spiro atoms. The summed E-state index contributed by atoms with van der Waals surface area (Å²) in [5, 5.41) is 8.64. The number of pyridine rings is 1. The van der Waals surface area contributed by atoms with Crippen LogP contribution in [0.2, 0.25) is 0 Å². The minimum Gasteiger partial charge on any atom is -0.479 e. The van der Waals surface area contributed by atoms with Crippen molar-refractivity contribution in [1.29, 1.82) is 0 Å². The molecule has 0 aliphatic carbocycles. The Balaban J connectivity index is 3.30. The van der Waals surface area contributed by atoms with Crippen LogP contribution in [-0.4, -0.2) is 23.2 Å². The first kappa shape index (κ1) is 9.79. The fourth-order valence-corrected chi connectivity index (χ4v) is 1.15. The van der Waals surface area contributed by atoms with Crippen LogP contribution in [0, 0.1) is 0 Å². The van der Waals surface area contributed by atoms with Gasteiger partial charge in [0.25, 0.3) is 0 Å². The Hall–Kier alpha value is -1.30. The van der Waals surface area contributed by atoms with Crippen molar-refractivity contribution >= 4 is 27.6 Å². The Morgan fingerprint density at radius 1 is 1.77 bits per heavy atom. The fraction of sp³-hybridized carbons (Fsp3) is 0.143. The van der Waals surface area contributed by atoms with Crippen molar-refractivity contribution < 1.29 is 14.6 Å². The second kappa shape index (κ2) is 3.61. The zero-order valence-electron chi connectivity index (χ0n) is 6.74. The summed E-state index contributed by atoms with van der Waals surface area (Å²) in [6.45, 7) is 0. The number of hydrogen-bond acceptors (Lipinski definition) is 4. The van der Waals surface area contributed by atoms with Crippen LogP contribution in [0.15, 0.2) is 10.5 Å². The minimum atomic E-state index is -1.13. The number of nitrogen functional groups attached to an aromatic ring is 1. The summed E-state index contributed by atoms with van der Waals surface area (Å²) >= 11 is 3.10. The van der Waals surface area contributed by atoms with E-state index in [9.17, 15) is 4.79 Å². The first-order valence-electron chi connectivity index (χ1n) is 3.29. The highest BCUT2D eigenvalue weighted by atomic mass is 79.9. The molecule has 5 nitrogen and oxygen atoms in total. The molecule has 0 amide bonds. The number of halogens is 1. The predicted molar refractivity (Wildman–Crippen MR) is 49.9 cm³/mol. The summed E-state index contributed by atoms with van der Waals surface area (Å²) in [6, 6.07) is 1.32. The molecule has 1 heterocycles. The van der Waals surface area contributed by atoms with E-state index in [-0.39, 0.29) is 17.3 Å². The number of carboxylic acids is 1. The van der Waals surface area contributed by atoms with Crippen LogP contribution in [0.1, 0.15) is 10.5 Å². The van der Waals surface area contributed by atoms with Crippen LogP contribution in [0.3, 0.4) is 0 Å². The van der Waals surface area contributed by atoms with Crippen molar-refractivity contribution in [2.75, 3.05) is 12.8 Å². The van der Waals surface area contributed by atoms with E-state index in [1.807, 2.05) is 0 Å². The van der Waals surface area contributed by atoms with Gasteiger partial charge in [-0.05, 0) is 22.0 Å². The summed E-state index contributed by atoms with van der Waals surface area (Å²) < 4.78 is 5.24. The van der Waals surface area contributed by atoms with E-state index < -0.39 is 5.97 Å². The Kier molecular flexibility index (Phi) is 2.72. The maximum atomic E-state index is 10.6. The minimum absolute atomic E-state index is 0.103. The molecule has 1 rings (SSSR count). The van der Waals surface area contributed by atoms with Crippen molar-refractivity contribution in [1.82, 2.24) is 4.98 Å². The largest absolute Gasteiger partial charge is 0.479 e. The van der Waals surface area contributed by atoms with Crippen molar-refractivity contribution in [2.45, 2.75) is 0 Å². The summed E-state index contributed by atoms with van der Waals surface area (Å²) in [4.78, 5) is 14.2. The normalized spacial score (nSPS) is 9.69. The van der Waals surface area contributed by atoms with Gasteiger partial charge in [-0.25, -0.2) is 9.78 Å². The number of methoxy groups -OCH3 is 1. The zero-order chi connectivity index (χ0) is 10.0. The molecule has 1 aromatic heterocycles. The maximum Gasteiger partial charge on any atom is 0.354 e. The van der Waals surface area contributed by atoms with Crippen molar-refractivity contribution in [3.05, 3.63) is 16.2 Å². The van der Waals surface area contributed by atoms with E-state index in [1.165, 1.54) is 13.2 Å². The second-order valence-corrected chi connectivity index (χ2v) is 3.07. The van der Waals surface area contributed by atoms with Gasteiger partial charge in [-0.15, -0.1) is 0 Å². The number of carboxylic acid groups (broad SMARTS) is 1. The summed E-state index contributed by atoms with van der Waals surface area (Å²) in [5.41, 5.74) is 5.71. The molecule has 1 aromatic rings. The molecule has 3 N–H and O–H groups in total. The molecule has 0 unspecified atom stereocenters. The zero-order valence-corrected chi connectivity index (χ0v) is 8.33. The first-order chi connectivity index (χ1) is 6.06. The van der Waals surface area contributed by atoms with Crippen molar-refractivity contribution in [3.8, 4) is 5.88 Å². The average Bonchev–Trinajstić information content (AvgIpc) is 2.09. The summed E-state index contributed by atoms with van der Waals surface area (Å²) in [7, 11) is 1.37. The van der Waals surface area contributed by atoms with Gasteiger partial charge in [-0.2, -0.15) is 0 Å². The number of ether oxygens (including phenoxy) is 1. The third-order valence-electron chi connectivity index (χ3n) is 1.39. The molecule has 0 atom stereocenters. The van der Waals surface area contributed by atoms with Crippen LogP contribution >= 0.6 is 15.9 Å². The number of hydrogen-bond donors (Lipinski definition) is 2. The van der Waals surface area contributed by atoms with Crippen molar-refractivity contribution in [3.63, 3.8) is 0 Å². The number of aromatic nitrogens is 1. The Bertz CT molecular complexity index is 354. The van der Waals surface area contributed by atoms with E-state index in [2.05, 4.69) is 20.9 Å². The van der Waals surface area contributed by atoms with Crippen LogP contribution in [0.25, 0.3) is 0 Å². The quantitative estimate of drug-likeness (QED) is 0.818. The lowest BCUT2D eigenvalue weighted by Gasteiger charge is -2.05. The van der Waals surface area contributed by atoms with E-state index in [4.69, 9.17) is 15.6 Å². The van der Waals surface area contributed by atoms with Gasteiger partial charge in [-0.1, -0.05) is 0 Å². The molecular formula is C7H7BrN2O3. The Labute approximate surface area is 82.7 Å². The highest BCUT2D eigenvalue weighted by Gasteiger charge is 2.12. The van der Waals surface area contributed by atoms with Crippen LogP contribution < -0.4 is 10.5 Å². The number of rotatable bonds is 2. The van der Waals surface area contributed by atoms with Gasteiger partial charge < -0.3 is 15.6 Å². The van der Waals surface area contributed by atoms with Gasteiger partial charge in [0.15, 0.2) is 5.69 Å². The predicted octanol–water partition coefficient (Wildman–Crippen LogP) is 1.13. The average molecular weight is 247 g/mol. The lowest BCUT2D eigenvalue weighted by Crippen LogP contribution is -2.04. The number of anilines is 1.